The van der Waals surface area contributed by atoms with Gasteiger partial charge in [-0.05, 0) is 0 Å². The maximum absolute atomic E-state index is 12.3. The van der Waals surface area contributed by atoms with Crippen molar-refractivity contribution in [3.63, 3.8) is 0 Å². The van der Waals surface area contributed by atoms with Gasteiger partial charge >= 0.3 is 24.8 Å². The van der Waals surface area contributed by atoms with E-state index in [0.717, 1.165) is 0 Å². The Bertz CT molecular complexity index is 342. The summed E-state index contributed by atoms with van der Waals surface area (Å²) >= 11 is 0. The van der Waals surface area contributed by atoms with Gasteiger partial charge in [0.15, 0.2) is 6.79 Å². The first-order chi connectivity index (χ1) is 5.21. The third kappa shape index (κ3) is 1.11. The predicted octanol–water partition coefficient (Wildman–Crippen LogP) is -0.799. The monoisotopic (exact) mass is 224 g/mol. The minimum atomic E-state index is -5.41. The van der Waals surface area contributed by atoms with Crippen LogP contribution in [0, 0.1) is 0 Å². The van der Waals surface area contributed by atoms with E-state index < -0.39 is 31.6 Å². The van der Waals surface area contributed by atoms with E-state index in [-0.39, 0.29) is 0 Å². The van der Waals surface area contributed by atoms with Crippen LogP contribution in [0.2, 0.25) is 0 Å². The number of hydrogen-bond acceptors (Lipinski definition) is 6. The fourth-order valence-corrected chi connectivity index (χ4v) is 2.38. The summed E-state index contributed by atoms with van der Waals surface area (Å²) in [6.07, 6.45) is 0. The zero-order chi connectivity index (χ0) is 9.62. The lowest BCUT2D eigenvalue weighted by Gasteiger charge is -2.20. The lowest BCUT2D eigenvalue weighted by molar-refractivity contribution is 0.0518. The first-order valence-corrected chi connectivity index (χ1v) is 5.18. The summed E-state index contributed by atoms with van der Waals surface area (Å²) in [6, 6.07) is 0. The molecule has 0 amide bonds. The zero-order valence-electron chi connectivity index (χ0n) is 5.23. The van der Waals surface area contributed by atoms with Gasteiger partial charge in [-0.2, -0.15) is 25.6 Å². The molecule has 0 aliphatic carbocycles. The van der Waals surface area contributed by atoms with Crippen LogP contribution in [0.3, 0.4) is 0 Å². The molecule has 1 aliphatic rings. The standard InChI is InChI=1S/C2H2F2O6S2/c3-2(4)11(5,6)9-1-10-12(2,7)8/h1H2. The summed E-state index contributed by atoms with van der Waals surface area (Å²) in [5.74, 6) is 0. The van der Waals surface area contributed by atoms with E-state index in [2.05, 4.69) is 8.37 Å². The van der Waals surface area contributed by atoms with Crippen LogP contribution in [0.15, 0.2) is 0 Å². The third-order valence-corrected chi connectivity index (χ3v) is 4.19. The Morgan fingerprint density at radius 3 is 1.58 bits per heavy atom. The molecule has 1 aliphatic heterocycles. The van der Waals surface area contributed by atoms with Crippen molar-refractivity contribution in [2.45, 2.75) is 4.59 Å². The molecule has 1 heterocycles. The molecule has 0 aromatic carbocycles. The van der Waals surface area contributed by atoms with Crippen LogP contribution in [0.4, 0.5) is 8.78 Å². The Balaban J connectivity index is 3.36. The highest BCUT2D eigenvalue weighted by Gasteiger charge is 2.63. The Labute approximate surface area is 66.3 Å². The quantitative estimate of drug-likeness (QED) is 0.500. The summed E-state index contributed by atoms with van der Waals surface area (Å²) in [7, 11) is -10.8. The highest BCUT2D eigenvalue weighted by Crippen LogP contribution is 2.34. The van der Waals surface area contributed by atoms with Crippen molar-refractivity contribution < 1.29 is 34.0 Å². The molecule has 0 spiro atoms. The van der Waals surface area contributed by atoms with Gasteiger partial charge in [-0.25, -0.2) is 8.37 Å². The zero-order valence-corrected chi connectivity index (χ0v) is 6.86. The molecule has 0 radical (unpaired) electrons. The first kappa shape index (κ1) is 9.77. The van der Waals surface area contributed by atoms with Crippen molar-refractivity contribution in [2.24, 2.45) is 0 Å². The maximum Gasteiger partial charge on any atom is 0.496 e. The van der Waals surface area contributed by atoms with E-state index >= 15 is 0 Å². The van der Waals surface area contributed by atoms with E-state index in [1.165, 1.54) is 0 Å². The Kier molecular flexibility index (Phi) is 1.90. The van der Waals surface area contributed by atoms with E-state index in [1.807, 2.05) is 0 Å². The summed E-state index contributed by atoms with van der Waals surface area (Å²) < 4.78 is 67.7. The summed E-state index contributed by atoms with van der Waals surface area (Å²) in [6.45, 7) is -1.25. The highest BCUT2D eigenvalue weighted by molar-refractivity contribution is 8.05. The van der Waals surface area contributed by atoms with Crippen LogP contribution in [-0.2, 0) is 28.6 Å². The van der Waals surface area contributed by atoms with Crippen molar-refractivity contribution in [1.29, 1.82) is 0 Å². The maximum atomic E-state index is 12.3. The third-order valence-electron chi connectivity index (χ3n) is 0.989. The normalized spacial score (nSPS) is 31.2. The number of halogens is 2. The Hall–Kier alpha value is -0.320. The summed E-state index contributed by atoms with van der Waals surface area (Å²) in [5.41, 5.74) is 0. The van der Waals surface area contributed by atoms with E-state index in [9.17, 15) is 25.6 Å². The average molecular weight is 224 g/mol. The molecular formula is C2H2F2O6S2. The highest BCUT2D eigenvalue weighted by atomic mass is 32.3. The molecule has 0 aromatic heterocycles. The molecule has 0 aromatic rings. The molecule has 12 heavy (non-hydrogen) atoms. The number of hydrogen-bond donors (Lipinski definition) is 0. The minimum absolute atomic E-state index is 1.25. The minimum Gasteiger partial charge on any atom is -0.234 e. The molecule has 0 unspecified atom stereocenters. The fourth-order valence-electron chi connectivity index (χ4n) is 0.409. The van der Waals surface area contributed by atoms with Gasteiger partial charge in [-0.3, -0.25) is 0 Å². The van der Waals surface area contributed by atoms with Crippen LogP contribution in [0.5, 0.6) is 0 Å². The van der Waals surface area contributed by atoms with Crippen molar-refractivity contribution in [3.05, 3.63) is 0 Å². The van der Waals surface area contributed by atoms with Gasteiger partial charge in [0.05, 0.1) is 0 Å². The lowest BCUT2D eigenvalue weighted by atomic mass is 11.6. The fraction of sp³-hybridized carbons (Fsp3) is 1.00. The van der Waals surface area contributed by atoms with E-state index in [1.54, 1.807) is 0 Å². The van der Waals surface area contributed by atoms with Crippen molar-refractivity contribution in [1.82, 2.24) is 0 Å². The SMILES string of the molecule is O=S1(=O)OCOS(=O)(=O)C1(F)F. The molecular weight excluding hydrogens is 222 g/mol. The molecule has 0 saturated carbocycles. The Morgan fingerprint density at radius 2 is 1.33 bits per heavy atom. The molecule has 10 heteroatoms. The van der Waals surface area contributed by atoms with Gasteiger partial charge in [0.2, 0.25) is 0 Å². The van der Waals surface area contributed by atoms with Crippen molar-refractivity contribution >= 4 is 20.2 Å². The van der Waals surface area contributed by atoms with Crippen LogP contribution >= 0.6 is 0 Å². The van der Waals surface area contributed by atoms with Gasteiger partial charge in [0, 0.05) is 0 Å². The second-order valence-electron chi connectivity index (χ2n) is 1.73. The molecule has 0 atom stereocenters. The first-order valence-electron chi connectivity index (χ1n) is 2.36. The van der Waals surface area contributed by atoms with Crippen molar-refractivity contribution in [2.75, 3.05) is 6.79 Å². The molecule has 1 rings (SSSR count). The lowest BCUT2D eigenvalue weighted by Crippen LogP contribution is -2.44. The van der Waals surface area contributed by atoms with Gasteiger partial charge in [0.25, 0.3) is 0 Å². The number of rotatable bonds is 0. The summed E-state index contributed by atoms with van der Waals surface area (Å²) in [4.78, 5) is 0. The number of alkyl halides is 2. The molecule has 72 valence electrons. The molecule has 1 saturated heterocycles. The predicted molar refractivity (Wildman–Crippen MR) is 29.8 cm³/mol. The van der Waals surface area contributed by atoms with E-state index in [0.29, 0.717) is 0 Å². The van der Waals surface area contributed by atoms with Gasteiger partial charge in [0.1, 0.15) is 0 Å². The van der Waals surface area contributed by atoms with Crippen LogP contribution in [0.1, 0.15) is 0 Å². The van der Waals surface area contributed by atoms with Gasteiger partial charge in [-0.15, -0.1) is 0 Å². The molecule has 0 N–H and O–H groups in total. The average Bonchev–Trinajstić information content (AvgIpc) is 1.83. The molecule has 6 nitrogen and oxygen atoms in total. The Morgan fingerprint density at radius 1 is 1.00 bits per heavy atom. The van der Waals surface area contributed by atoms with E-state index in [4.69, 9.17) is 0 Å². The molecule has 0 bridgehead atoms. The summed E-state index contributed by atoms with van der Waals surface area (Å²) in [5, 5.41) is 0. The smallest absolute Gasteiger partial charge is 0.234 e. The second kappa shape index (κ2) is 2.34. The largest absolute Gasteiger partial charge is 0.496 e. The van der Waals surface area contributed by atoms with Crippen molar-refractivity contribution in [3.8, 4) is 0 Å². The molecule has 1 fully saturated rings. The van der Waals surface area contributed by atoms with Gasteiger partial charge < -0.3 is 0 Å². The second-order valence-corrected chi connectivity index (χ2v) is 5.30. The van der Waals surface area contributed by atoms with Crippen LogP contribution in [0.25, 0.3) is 0 Å². The van der Waals surface area contributed by atoms with Crippen LogP contribution < -0.4 is 0 Å². The van der Waals surface area contributed by atoms with Gasteiger partial charge in [-0.1, -0.05) is 0 Å². The van der Waals surface area contributed by atoms with Crippen LogP contribution in [-0.4, -0.2) is 28.2 Å². The topological polar surface area (TPSA) is 86.7 Å².